The summed E-state index contributed by atoms with van der Waals surface area (Å²) in [6, 6.07) is 9.23. The fraction of sp³-hybridized carbons (Fsp3) is 0.296. The molecule has 9 nitrogen and oxygen atoms in total. The Labute approximate surface area is 213 Å². The van der Waals surface area contributed by atoms with Gasteiger partial charge in [0.25, 0.3) is 5.91 Å². The van der Waals surface area contributed by atoms with Crippen LogP contribution in [0.1, 0.15) is 42.5 Å². The van der Waals surface area contributed by atoms with Crippen molar-refractivity contribution in [2.45, 2.75) is 38.1 Å². The number of aromatic nitrogens is 3. The first kappa shape index (κ1) is 24.4. The summed E-state index contributed by atoms with van der Waals surface area (Å²) in [5.41, 5.74) is 1.29. The minimum Gasteiger partial charge on any atom is -0.504 e. The zero-order valence-corrected chi connectivity index (χ0v) is 20.6. The van der Waals surface area contributed by atoms with Gasteiger partial charge in [-0.1, -0.05) is 19.3 Å². The Kier molecular flexibility index (Phi) is 6.80. The van der Waals surface area contributed by atoms with Gasteiger partial charge in [0.05, 0.1) is 12.6 Å². The minimum absolute atomic E-state index is 0.00128. The molecule has 4 aromatic rings. The summed E-state index contributed by atoms with van der Waals surface area (Å²) in [6.45, 7) is 0. The summed E-state index contributed by atoms with van der Waals surface area (Å²) in [5, 5.41) is 21.1. The standard InChI is InChI=1S/C27H28FN5O4/c1-33-15-19(27(35)31-16-6-4-3-5-7-16)26(32-33)30-17-8-9-24(20(28)12-17)37-23-10-11-29-21-14-22(34)25(36-2)13-18(21)23/h8-16,34H,3-7H2,1-2H3,(H,30,32)(H,31,35). The number of fused-ring (bicyclic) bond motifs is 1. The van der Waals surface area contributed by atoms with Gasteiger partial charge >= 0.3 is 0 Å². The quantitative estimate of drug-likeness (QED) is 0.308. The van der Waals surface area contributed by atoms with Gasteiger partial charge in [-0.25, -0.2) is 4.39 Å². The van der Waals surface area contributed by atoms with Crippen LogP contribution in [-0.2, 0) is 7.05 Å². The molecule has 0 bridgehead atoms. The lowest BCUT2D eigenvalue weighted by Gasteiger charge is -2.22. The van der Waals surface area contributed by atoms with Gasteiger partial charge in [-0.3, -0.25) is 14.5 Å². The number of carbonyl (C=O) groups excluding carboxylic acids is 1. The normalized spacial score (nSPS) is 13.9. The predicted molar refractivity (Wildman–Crippen MR) is 137 cm³/mol. The molecule has 0 aliphatic heterocycles. The van der Waals surface area contributed by atoms with E-state index in [2.05, 4.69) is 20.7 Å². The van der Waals surface area contributed by atoms with Crippen molar-refractivity contribution < 1.29 is 23.8 Å². The Hall–Kier alpha value is -4.34. The fourth-order valence-electron chi connectivity index (χ4n) is 4.56. The molecule has 1 aliphatic rings. The Balaban J connectivity index is 1.35. The minimum atomic E-state index is -0.607. The van der Waals surface area contributed by atoms with E-state index in [9.17, 15) is 9.90 Å². The van der Waals surface area contributed by atoms with Crippen LogP contribution < -0.4 is 20.1 Å². The number of hydrogen-bond donors (Lipinski definition) is 3. The Morgan fingerprint density at radius 1 is 1.11 bits per heavy atom. The molecule has 2 aromatic carbocycles. The zero-order chi connectivity index (χ0) is 25.9. The highest BCUT2D eigenvalue weighted by atomic mass is 19.1. The van der Waals surface area contributed by atoms with Crippen LogP contribution in [-0.4, -0.2) is 38.9 Å². The molecule has 2 heterocycles. The van der Waals surface area contributed by atoms with Crippen LogP contribution >= 0.6 is 0 Å². The summed E-state index contributed by atoms with van der Waals surface area (Å²) in [6.07, 6.45) is 8.54. The lowest BCUT2D eigenvalue weighted by molar-refractivity contribution is 0.0928. The third-order valence-corrected chi connectivity index (χ3v) is 6.43. The van der Waals surface area contributed by atoms with Gasteiger partial charge in [-0.2, -0.15) is 5.10 Å². The van der Waals surface area contributed by atoms with Gasteiger partial charge in [0.15, 0.2) is 28.9 Å². The number of phenols is 1. The number of nitrogens with zero attached hydrogens (tertiary/aromatic N) is 3. The third kappa shape index (κ3) is 5.28. The third-order valence-electron chi connectivity index (χ3n) is 6.43. The van der Waals surface area contributed by atoms with Crippen LogP contribution in [0.15, 0.2) is 48.8 Å². The van der Waals surface area contributed by atoms with Crippen LogP contribution in [0.25, 0.3) is 10.9 Å². The smallest absolute Gasteiger partial charge is 0.256 e. The van der Waals surface area contributed by atoms with Gasteiger partial charge in [0, 0.05) is 48.7 Å². The van der Waals surface area contributed by atoms with E-state index in [0.717, 1.165) is 25.7 Å². The molecule has 0 unspecified atom stereocenters. The molecule has 3 N–H and O–H groups in total. The molecule has 5 rings (SSSR count). The van der Waals surface area contributed by atoms with E-state index in [1.54, 1.807) is 36.1 Å². The van der Waals surface area contributed by atoms with Crippen LogP contribution in [0, 0.1) is 5.82 Å². The first-order chi connectivity index (χ1) is 17.9. The molecule has 37 heavy (non-hydrogen) atoms. The van der Waals surface area contributed by atoms with E-state index in [1.165, 1.54) is 37.9 Å². The monoisotopic (exact) mass is 505 g/mol. The first-order valence-corrected chi connectivity index (χ1v) is 12.2. The van der Waals surface area contributed by atoms with Gasteiger partial charge in [-0.15, -0.1) is 0 Å². The Morgan fingerprint density at radius 2 is 1.92 bits per heavy atom. The molecular weight excluding hydrogens is 477 g/mol. The predicted octanol–water partition coefficient (Wildman–Crippen LogP) is 5.42. The van der Waals surface area contributed by atoms with Crippen molar-refractivity contribution in [1.82, 2.24) is 20.1 Å². The highest BCUT2D eigenvalue weighted by Crippen LogP contribution is 2.37. The second-order valence-electron chi connectivity index (χ2n) is 9.10. The van der Waals surface area contributed by atoms with E-state index < -0.39 is 5.82 Å². The maximum Gasteiger partial charge on any atom is 0.256 e. The van der Waals surface area contributed by atoms with Crippen LogP contribution in [0.5, 0.6) is 23.0 Å². The molecule has 1 aliphatic carbocycles. The van der Waals surface area contributed by atoms with Crippen molar-refractivity contribution in [1.29, 1.82) is 0 Å². The fourth-order valence-corrected chi connectivity index (χ4v) is 4.56. The molecule has 0 radical (unpaired) electrons. The van der Waals surface area contributed by atoms with Crippen molar-refractivity contribution in [2.24, 2.45) is 7.05 Å². The number of aryl methyl sites for hydroxylation is 1. The second-order valence-corrected chi connectivity index (χ2v) is 9.10. The van der Waals surface area contributed by atoms with Crippen LogP contribution in [0.3, 0.4) is 0 Å². The molecule has 0 spiro atoms. The molecule has 1 saturated carbocycles. The molecule has 10 heteroatoms. The van der Waals surface area contributed by atoms with Crippen molar-refractivity contribution in [3.05, 3.63) is 60.2 Å². The van der Waals surface area contributed by atoms with Gasteiger partial charge < -0.3 is 25.2 Å². The summed E-state index contributed by atoms with van der Waals surface area (Å²) >= 11 is 0. The van der Waals surface area contributed by atoms with Gasteiger partial charge in [-0.05, 0) is 37.1 Å². The van der Waals surface area contributed by atoms with Crippen LogP contribution in [0.2, 0.25) is 0 Å². The molecule has 0 saturated heterocycles. The number of nitrogens with one attached hydrogen (secondary N) is 2. The SMILES string of the molecule is COc1cc2c(Oc3ccc(Nc4nn(C)cc4C(=O)NC4CCCCC4)cc3F)ccnc2cc1O. The van der Waals surface area contributed by atoms with E-state index in [4.69, 9.17) is 9.47 Å². The number of ether oxygens (including phenoxy) is 2. The van der Waals surface area contributed by atoms with E-state index in [0.29, 0.717) is 33.7 Å². The highest BCUT2D eigenvalue weighted by molar-refractivity contribution is 5.99. The number of pyridine rings is 1. The number of benzene rings is 2. The number of hydrogen-bond acceptors (Lipinski definition) is 7. The van der Waals surface area contributed by atoms with E-state index in [-0.39, 0.29) is 29.2 Å². The number of phenolic OH excluding ortho intramolecular Hbond substituents is 1. The summed E-state index contributed by atoms with van der Waals surface area (Å²) in [5.74, 6) is 0.0945. The maximum absolute atomic E-state index is 15.1. The number of carbonyl (C=O) groups is 1. The highest BCUT2D eigenvalue weighted by Gasteiger charge is 2.21. The average molecular weight is 506 g/mol. The Morgan fingerprint density at radius 3 is 2.68 bits per heavy atom. The largest absolute Gasteiger partial charge is 0.504 e. The summed E-state index contributed by atoms with van der Waals surface area (Å²) in [4.78, 5) is 17.1. The number of halogens is 1. The molecule has 0 atom stereocenters. The topological polar surface area (TPSA) is 111 Å². The molecule has 192 valence electrons. The lowest BCUT2D eigenvalue weighted by Crippen LogP contribution is -2.36. The average Bonchev–Trinajstić information content (AvgIpc) is 3.26. The summed E-state index contributed by atoms with van der Waals surface area (Å²) in [7, 11) is 3.17. The molecule has 2 aromatic heterocycles. The lowest BCUT2D eigenvalue weighted by atomic mass is 9.95. The number of aromatic hydroxyl groups is 1. The van der Waals surface area contributed by atoms with Crippen molar-refractivity contribution >= 4 is 28.3 Å². The summed E-state index contributed by atoms with van der Waals surface area (Å²) < 4.78 is 27.6. The maximum atomic E-state index is 15.1. The number of methoxy groups -OCH3 is 1. The molecular formula is C27H28FN5O4. The van der Waals surface area contributed by atoms with Gasteiger partial charge in [0.1, 0.15) is 11.3 Å². The van der Waals surface area contributed by atoms with Crippen molar-refractivity contribution in [3.8, 4) is 23.0 Å². The van der Waals surface area contributed by atoms with Gasteiger partial charge in [0.2, 0.25) is 0 Å². The number of anilines is 2. The first-order valence-electron chi connectivity index (χ1n) is 12.2. The van der Waals surface area contributed by atoms with E-state index >= 15 is 4.39 Å². The molecule has 1 amide bonds. The van der Waals surface area contributed by atoms with Crippen molar-refractivity contribution in [2.75, 3.05) is 12.4 Å². The van der Waals surface area contributed by atoms with Crippen molar-refractivity contribution in [3.63, 3.8) is 0 Å². The van der Waals surface area contributed by atoms with Crippen LogP contribution in [0.4, 0.5) is 15.9 Å². The molecule has 1 fully saturated rings. The second kappa shape index (κ2) is 10.3. The zero-order valence-electron chi connectivity index (χ0n) is 20.6. The van der Waals surface area contributed by atoms with E-state index in [1.807, 2.05) is 0 Å². The number of amides is 1. The number of rotatable bonds is 7. The Bertz CT molecular complexity index is 1450.